The minimum Gasteiger partial charge on any atom is -0.300 e. The standard InChI is InChI=1S/C19H26N2O2S/c1-4-21(5-2)16(3)15-20-24(22,23)19-14-10-9-13-18(19)17-11-7-6-8-12-17/h6-14,16,20H,4-5,15H2,1-3H3/t16-/m0/s1. The van der Waals surface area contributed by atoms with Gasteiger partial charge in [0, 0.05) is 18.2 Å². The maximum Gasteiger partial charge on any atom is 0.241 e. The highest BCUT2D eigenvalue weighted by molar-refractivity contribution is 7.89. The zero-order chi connectivity index (χ0) is 17.6. The molecule has 0 amide bonds. The van der Waals surface area contributed by atoms with E-state index in [0.29, 0.717) is 11.4 Å². The Labute approximate surface area is 145 Å². The number of sulfonamides is 1. The van der Waals surface area contributed by atoms with E-state index in [1.54, 1.807) is 12.1 Å². The van der Waals surface area contributed by atoms with Gasteiger partial charge in [0.1, 0.15) is 0 Å². The molecule has 4 nitrogen and oxygen atoms in total. The summed E-state index contributed by atoms with van der Waals surface area (Å²) >= 11 is 0. The lowest BCUT2D eigenvalue weighted by Crippen LogP contribution is -2.42. The third-order valence-electron chi connectivity index (χ3n) is 4.27. The van der Waals surface area contributed by atoms with E-state index in [1.165, 1.54) is 0 Å². The van der Waals surface area contributed by atoms with Gasteiger partial charge in [0.05, 0.1) is 4.90 Å². The Morgan fingerprint density at radius 1 is 0.958 bits per heavy atom. The van der Waals surface area contributed by atoms with Crippen LogP contribution in [0.1, 0.15) is 20.8 Å². The summed E-state index contributed by atoms with van der Waals surface area (Å²) in [6.45, 7) is 8.41. The van der Waals surface area contributed by atoms with Crippen LogP contribution >= 0.6 is 0 Å². The van der Waals surface area contributed by atoms with Gasteiger partial charge in [0.25, 0.3) is 0 Å². The lowest BCUT2D eigenvalue weighted by Gasteiger charge is -2.26. The van der Waals surface area contributed by atoms with E-state index in [1.807, 2.05) is 49.4 Å². The topological polar surface area (TPSA) is 49.4 Å². The van der Waals surface area contributed by atoms with Gasteiger partial charge in [-0.05, 0) is 31.6 Å². The van der Waals surface area contributed by atoms with Crippen LogP contribution in [0.2, 0.25) is 0 Å². The molecule has 2 rings (SSSR count). The fraction of sp³-hybridized carbons (Fsp3) is 0.368. The molecule has 0 saturated heterocycles. The molecule has 0 bridgehead atoms. The van der Waals surface area contributed by atoms with E-state index >= 15 is 0 Å². The number of benzene rings is 2. The summed E-state index contributed by atoms with van der Waals surface area (Å²) in [4.78, 5) is 2.55. The maximum absolute atomic E-state index is 12.8. The van der Waals surface area contributed by atoms with E-state index < -0.39 is 10.0 Å². The molecule has 0 unspecified atom stereocenters. The maximum atomic E-state index is 12.8. The second-order valence-electron chi connectivity index (χ2n) is 5.78. The minimum atomic E-state index is -3.56. The monoisotopic (exact) mass is 346 g/mol. The summed E-state index contributed by atoms with van der Waals surface area (Å²) in [5.41, 5.74) is 1.62. The van der Waals surface area contributed by atoms with Crippen LogP contribution < -0.4 is 4.72 Å². The molecular weight excluding hydrogens is 320 g/mol. The van der Waals surface area contributed by atoms with Crippen LogP contribution in [0, 0.1) is 0 Å². The van der Waals surface area contributed by atoms with Gasteiger partial charge < -0.3 is 0 Å². The van der Waals surface area contributed by atoms with E-state index in [4.69, 9.17) is 0 Å². The Hall–Kier alpha value is -1.69. The van der Waals surface area contributed by atoms with E-state index in [-0.39, 0.29) is 6.04 Å². The summed E-state index contributed by atoms with van der Waals surface area (Å²) in [7, 11) is -3.56. The van der Waals surface area contributed by atoms with Crippen LogP contribution in [-0.4, -0.2) is 39.0 Å². The molecule has 1 N–H and O–H groups in total. The number of rotatable bonds is 8. The van der Waals surface area contributed by atoms with Crippen molar-refractivity contribution in [2.45, 2.75) is 31.7 Å². The molecule has 0 aliphatic heterocycles. The lowest BCUT2D eigenvalue weighted by atomic mass is 10.1. The summed E-state index contributed by atoms with van der Waals surface area (Å²) in [5, 5.41) is 0. The van der Waals surface area contributed by atoms with Crippen molar-refractivity contribution in [1.82, 2.24) is 9.62 Å². The zero-order valence-electron chi connectivity index (χ0n) is 14.6. The Morgan fingerprint density at radius 2 is 1.54 bits per heavy atom. The van der Waals surface area contributed by atoms with Crippen molar-refractivity contribution in [2.75, 3.05) is 19.6 Å². The van der Waals surface area contributed by atoms with Gasteiger partial charge in [0.15, 0.2) is 0 Å². The van der Waals surface area contributed by atoms with Gasteiger partial charge in [-0.2, -0.15) is 0 Å². The first-order valence-electron chi connectivity index (χ1n) is 8.37. The molecule has 5 heteroatoms. The van der Waals surface area contributed by atoms with E-state index in [0.717, 1.165) is 24.2 Å². The first kappa shape index (κ1) is 18.6. The molecule has 0 fully saturated rings. The van der Waals surface area contributed by atoms with Gasteiger partial charge in [0.2, 0.25) is 10.0 Å². The lowest BCUT2D eigenvalue weighted by molar-refractivity contribution is 0.232. The van der Waals surface area contributed by atoms with Gasteiger partial charge >= 0.3 is 0 Å². The average Bonchev–Trinajstić information content (AvgIpc) is 2.62. The molecular formula is C19H26N2O2S. The summed E-state index contributed by atoms with van der Waals surface area (Å²) in [6.07, 6.45) is 0. The molecule has 2 aromatic carbocycles. The summed E-state index contributed by atoms with van der Waals surface area (Å²) in [6, 6.07) is 16.9. The Bertz CT molecular complexity index is 741. The highest BCUT2D eigenvalue weighted by Crippen LogP contribution is 2.26. The molecule has 130 valence electrons. The van der Waals surface area contributed by atoms with Crippen molar-refractivity contribution in [3.05, 3.63) is 54.6 Å². The number of nitrogens with zero attached hydrogens (tertiary/aromatic N) is 1. The van der Waals surface area contributed by atoms with Gasteiger partial charge in [-0.1, -0.05) is 62.4 Å². The van der Waals surface area contributed by atoms with E-state index in [9.17, 15) is 8.42 Å². The Morgan fingerprint density at radius 3 is 2.17 bits per heavy atom. The number of hydrogen-bond donors (Lipinski definition) is 1. The van der Waals surface area contributed by atoms with E-state index in [2.05, 4.69) is 23.5 Å². The predicted molar refractivity (Wildman–Crippen MR) is 99.4 cm³/mol. The van der Waals surface area contributed by atoms with Crippen LogP contribution in [0.5, 0.6) is 0 Å². The van der Waals surface area contributed by atoms with Gasteiger partial charge in [-0.3, -0.25) is 4.90 Å². The molecule has 2 aromatic rings. The van der Waals surface area contributed by atoms with Crippen molar-refractivity contribution in [3.8, 4) is 11.1 Å². The Balaban J connectivity index is 2.25. The second kappa shape index (κ2) is 8.42. The summed E-state index contributed by atoms with van der Waals surface area (Å²) < 4.78 is 28.4. The van der Waals surface area contributed by atoms with Crippen LogP contribution in [0.25, 0.3) is 11.1 Å². The summed E-state index contributed by atoms with van der Waals surface area (Å²) in [5.74, 6) is 0. The molecule has 0 radical (unpaired) electrons. The Kier molecular flexibility index (Phi) is 6.54. The third-order valence-corrected chi connectivity index (χ3v) is 5.75. The van der Waals surface area contributed by atoms with Crippen LogP contribution in [0.4, 0.5) is 0 Å². The first-order chi connectivity index (χ1) is 11.5. The third kappa shape index (κ3) is 4.44. The van der Waals surface area contributed by atoms with Crippen molar-refractivity contribution in [1.29, 1.82) is 0 Å². The van der Waals surface area contributed by atoms with Crippen LogP contribution in [0.15, 0.2) is 59.5 Å². The quantitative estimate of drug-likeness (QED) is 0.797. The van der Waals surface area contributed by atoms with Crippen molar-refractivity contribution in [3.63, 3.8) is 0 Å². The molecule has 1 atom stereocenters. The second-order valence-corrected chi connectivity index (χ2v) is 7.52. The normalized spacial score (nSPS) is 13.2. The molecule has 0 aromatic heterocycles. The molecule has 0 aliphatic rings. The zero-order valence-corrected chi connectivity index (χ0v) is 15.4. The number of likely N-dealkylation sites (N-methyl/N-ethyl adjacent to an activating group) is 1. The van der Waals surface area contributed by atoms with Gasteiger partial charge in [-0.25, -0.2) is 13.1 Å². The fourth-order valence-electron chi connectivity index (χ4n) is 2.84. The highest BCUT2D eigenvalue weighted by Gasteiger charge is 2.20. The number of hydrogen-bond acceptors (Lipinski definition) is 3. The smallest absolute Gasteiger partial charge is 0.241 e. The molecule has 0 heterocycles. The van der Waals surface area contributed by atoms with Crippen LogP contribution in [-0.2, 0) is 10.0 Å². The predicted octanol–water partition coefficient (Wildman–Crippen LogP) is 3.36. The molecule has 0 aliphatic carbocycles. The minimum absolute atomic E-state index is 0.152. The molecule has 0 spiro atoms. The first-order valence-corrected chi connectivity index (χ1v) is 9.86. The van der Waals surface area contributed by atoms with Crippen molar-refractivity contribution in [2.24, 2.45) is 0 Å². The molecule has 0 saturated carbocycles. The molecule has 24 heavy (non-hydrogen) atoms. The SMILES string of the molecule is CCN(CC)[C@@H](C)CNS(=O)(=O)c1ccccc1-c1ccccc1. The van der Waals surface area contributed by atoms with Crippen molar-refractivity contribution < 1.29 is 8.42 Å². The average molecular weight is 346 g/mol. The number of nitrogens with one attached hydrogen (secondary N) is 1. The fourth-order valence-corrected chi connectivity index (χ4v) is 4.19. The largest absolute Gasteiger partial charge is 0.300 e. The van der Waals surface area contributed by atoms with Gasteiger partial charge in [-0.15, -0.1) is 0 Å². The van der Waals surface area contributed by atoms with Crippen LogP contribution in [0.3, 0.4) is 0 Å². The van der Waals surface area contributed by atoms with Crippen molar-refractivity contribution >= 4 is 10.0 Å². The highest BCUT2D eigenvalue weighted by atomic mass is 32.2.